The van der Waals surface area contributed by atoms with Crippen LogP contribution in [0.15, 0.2) is 43.0 Å². The number of benzene rings is 1. The first kappa shape index (κ1) is 26.7. The van der Waals surface area contributed by atoms with Crippen molar-refractivity contribution in [3.8, 4) is 28.7 Å². The molecule has 0 bridgehead atoms. The molecule has 1 amide bonds. The van der Waals surface area contributed by atoms with Crippen LogP contribution in [0.5, 0.6) is 5.88 Å². The van der Waals surface area contributed by atoms with Gasteiger partial charge in [0.15, 0.2) is 11.6 Å². The van der Waals surface area contributed by atoms with E-state index in [-0.39, 0.29) is 11.6 Å². The van der Waals surface area contributed by atoms with Crippen LogP contribution in [-0.4, -0.2) is 55.6 Å². The van der Waals surface area contributed by atoms with Gasteiger partial charge in [0.25, 0.3) is 5.92 Å². The summed E-state index contributed by atoms with van der Waals surface area (Å²) in [5.74, 6) is -0.871. The molecule has 1 fully saturated rings. The Labute approximate surface area is 236 Å². The molecule has 1 aromatic carbocycles. The lowest BCUT2D eigenvalue weighted by Crippen LogP contribution is -2.50. The first-order valence-corrected chi connectivity index (χ1v) is 13.4. The van der Waals surface area contributed by atoms with Crippen LogP contribution in [0.1, 0.15) is 49.6 Å². The van der Waals surface area contributed by atoms with Crippen LogP contribution in [0.25, 0.3) is 22.8 Å². The van der Waals surface area contributed by atoms with Crippen molar-refractivity contribution < 1.29 is 18.3 Å². The molecule has 0 saturated heterocycles. The summed E-state index contributed by atoms with van der Waals surface area (Å²) >= 11 is 0. The molecule has 0 N–H and O–H groups in total. The molecule has 3 aromatic heterocycles. The summed E-state index contributed by atoms with van der Waals surface area (Å²) < 4.78 is 34.8. The van der Waals surface area contributed by atoms with Crippen molar-refractivity contribution in [1.82, 2.24) is 29.5 Å². The van der Waals surface area contributed by atoms with E-state index in [9.17, 15) is 13.6 Å². The van der Waals surface area contributed by atoms with E-state index in [0.717, 1.165) is 31.0 Å². The van der Waals surface area contributed by atoms with E-state index in [1.54, 1.807) is 36.9 Å². The van der Waals surface area contributed by atoms with E-state index in [2.05, 4.69) is 19.9 Å². The average Bonchev–Trinajstić information content (AvgIpc) is 3.73. The zero-order chi connectivity index (χ0) is 29.1. The highest BCUT2D eigenvalue weighted by molar-refractivity contribution is 6.04. The van der Waals surface area contributed by atoms with Gasteiger partial charge in [-0.15, -0.1) is 0 Å². The molecule has 1 saturated carbocycles. The quantitative estimate of drug-likeness (QED) is 0.321. The number of likely N-dealkylation sites (N-methyl/N-ethyl adjacent to an activating group) is 1. The number of nitrogens with zero attached hydrogens (tertiary/aromatic N) is 8. The Morgan fingerprint density at radius 1 is 1.07 bits per heavy atom. The molecule has 0 spiro atoms. The fourth-order valence-electron chi connectivity index (χ4n) is 5.18. The van der Waals surface area contributed by atoms with E-state index in [1.165, 1.54) is 12.5 Å². The predicted octanol–water partition coefficient (Wildman–Crippen LogP) is 4.70. The van der Waals surface area contributed by atoms with Gasteiger partial charge in [0.2, 0.25) is 11.8 Å². The van der Waals surface area contributed by atoms with E-state index >= 15 is 0 Å². The van der Waals surface area contributed by atoms with Crippen LogP contribution in [0.4, 0.5) is 20.3 Å². The van der Waals surface area contributed by atoms with Crippen LogP contribution in [0.3, 0.4) is 0 Å². The number of ether oxygens (including phenoxy) is 1. The van der Waals surface area contributed by atoms with Gasteiger partial charge in [0, 0.05) is 45.2 Å². The molecule has 212 valence electrons. The summed E-state index contributed by atoms with van der Waals surface area (Å²) in [7, 11) is 4.97. The first-order chi connectivity index (χ1) is 19.6. The molecule has 1 aliphatic carbocycles. The van der Waals surface area contributed by atoms with E-state index in [4.69, 9.17) is 9.72 Å². The number of imidazole rings is 1. The number of fused-ring (bicyclic) bond motifs is 1. The fourth-order valence-corrected chi connectivity index (χ4v) is 5.18. The number of rotatable bonds is 7. The van der Waals surface area contributed by atoms with Crippen molar-refractivity contribution in [2.75, 3.05) is 24.0 Å². The minimum atomic E-state index is -3.02. The fraction of sp³-hybridized carbons (Fsp3) is 0.379. The van der Waals surface area contributed by atoms with Crippen LogP contribution in [0.2, 0.25) is 0 Å². The van der Waals surface area contributed by atoms with Gasteiger partial charge in [0.05, 0.1) is 19.0 Å². The van der Waals surface area contributed by atoms with Gasteiger partial charge in [-0.1, -0.05) is 24.3 Å². The Kier molecular flexibility index (Phi) is 6.43. The van der Waals surface area contributed by atoms with Crippen molar-refractivity contribution in [1.29, 1.82) is 0 Å². The highest BCUT2D eigenvalue weighted by Crippen LogP contribution is 2.46. The van der Waals surface area contributed by atoms with Gasteiger partial charge in [-0.25, -0.2) is 24.9 Å². The number of halogens is 2. The molecule has 6 rings (SSSR count). The molecule has 4 aromatic rings. The minimum Gasteiger partial charge on any atom is -0.480 e. The predicted molar refractivity (Wildman–Crippen MR) is 149 cm³/mol. The zero-order valence-electron chi connectivity index (χ0n) is 23.5. The molecule has 12 heteroatoms. The van der Waals surface area contributed by atoms with Crippen LogP contribution in [-0.2, 0) is 24.3 Å². The van der Waals surface area contributed by atoms with E-state index in [0.29, 0.717) is 52.6 Å². The Bertz CT molecular complexity index is 1630. The number of anilines is 2. The molecule has 2 aliphatic rings. The van der Waals surface area contributed by atoms with Crippen molar-refractivity contribution in [3.63, 3.8) is 0 Å². The van der Waals surface area contributed by atoms with Gasteiger partial charge in [-0.3, -0.25) is 4.79 Å². The number of alkyl halides is 2. The SMILES string of the molecule is COc1ncnc(C2CC2)c1-c1ncc2c(n1)N(Cc1ccc(-c3nc(C(C)(F)F)cn3C)cc1)C(C)C(=O)N2C. The molecule has 1 unspecified atom stereocenters. The largest absolute Gasteiger partial charge is 0.480 e. The maximum Gasteiger partial charge on any atom is 0.288 e. The monoisotopic (exact) mass is 560 g/mol. The van der Waals surface area contributed by atoms with E-state index < -0.39 is 12.0 Å². The smallest absolute Gasteiger partial charge is 0.288 e. The lowest BCUT2D eigenvalue weighted by Gasteiger charge is -2.39. The Hall–Kier alpha value is -4.48. The van der Waals surface area contributed by atoms with Crippen LogP contribution in [0, 0.1) is 0 Å². The number of carbonyl (C=O) groups is 1. The number of carbonyl (C=O) groups excluding carboxylic acids is 1. The van der Waals surface area contributed by atoms with Crippen molar-refractivity contribution in [2.45, 2.75) is 51.1 Å². The third kappa shape index (κ3) is 4.76. The van der Waals surface area contributed by atoms with Gasteiger partial charge in [0.1, 0.15) is 35.1 Å². The van der Waals surface area contributed by atoms with Gasteiger partial charge in [-0.05, 0) is 25.3 Å². The van der Waals surface area contributed by atoms with Crippen molar-refractivity contribution >= 4 is 17.4 Å². The average molecular weight is 561 g/mol. The number of methoxy groups -OCH3 is 1. The molecular formula is C29H30F2N8O2. The Morgan fingerprint density at radius 2 is 1.80 bits per heavy atom. The molecule has 10 nitrogen and oxygen atoms in total. The Balaban J connectivity index is 1.36. The maximum atomic E-state index is 13.8. The molecule has 41 heavy (non-hydrogen) atoms. The summed E-state index contributed by atoms with van der Waals surface area (Å²) in [6.45, 7) is 3.07. The van der Waals surface area contributed by atoms with Gasteiger partial charge >= 0.3 is 0 Å². The molecule has 1 aliphatic heterocycles. The second kappa shape index (κ2) is 9.86. The normalized spacial score (nSPS) is 17.1. The number of amides is 1. The minimum absolute atomic E-state index is 0.0780. The Morgan fingerprint density at radius 3 is 2.44 bits per heavy atom. The summed E-state index contributed by atoms with van der Waals surface area (Å²) in [4.78, 5) is 39.2. The molecular weight excluding hydrogens is 530 g/mol. The number of hydrogen-bond acceptors (Lipinski definition) is 8. The zero-order valence-corrected chi connectivity index (χ0v) is 23.5. The number of hydrogen-bond donors (Lipinski definition) is 0. The van der Waals surface area contributed by atoms with Crippen LogP contribution >= 0.6 is 0 Å². The van der Waals surface area contributed by atoms with Gasteiger partial charge < -0.3 is 19.1 Å². The van der Waals surface area contributed by atoms with Gasteiger partial charge in [-0.2, -0.15) is 8.78 Å². The molecule has 4 heterocycles. The lowest BCUT2D eigenvalue weighted by atomic mass is 10.1. The second-order valence-corrected chi connectivity index (χ2v) is 10.7. The topological polar surface area (TPSA) is 102 Å². The third-order valence-corrected chi connectivity index (χ3v) is 7.65. The highest BCUT2D eigenvalue weighted by atomic mass is 19.3. The third-order valence-electron chi connectivity index (χ3n) is 7.65. The van der Waals surface area contributed by atoms with E-state index in [1.807, 2.05) is 36.1 Å². The van der Waals surface area contributed by atoms with Crippen LogP contribution < -0.4 is 14.5 Å². The second-order valence-electron chi connectivity index (χ2n) is 10.7. The number of aryl methyl sites for hydroxylation is 1. The summed E-state index contributed by atoms with van der Waals surface area (Å²) in [5, 5.41) is 0. The molecule has 0 radical (unpaired) electrons. The summed E-state index contributed by atoms with van der Waals surface area (Å²) in [6.07, 6.45) is 6.57. The maximum absolute atomic E-state index is 13.8. The number of aromatic nitrogens is 6. The summed E-state index contributed by atoms with van der Waals surface area (Å²) in [5.41, 5.74) is 3.48. The van der Waals surface area contributed by atoms with Crippen molar-refractivity contribution in [2.24, 2.45) is 7.05 Å². The molecule has 1 atom stereocenters. The highest BCUT2D eigenvalue weighted by Gasteiger charge is 2.37. The summed E-state index contributed by atoms with van der Waals surface area (Å²) in [6, 6.07) is 7.01. The standard InChI is InChI=1S/C29H30F2N8O2/c1-16-28(40)38(4)20-12-32-24(22-23(18-10-11-18)33-15-34-27(22)41-5)36-26(20)39(16)13-17-6-8-19(9-7-17)25-35-21(14-37(25)3)29(2,30)31/h6-9,12,14-16,18H,10-11,13H2,1-5H3. The first-order valence-electron chi connectivity index (χ1n) is 13.4. The van der Waals surface area contributed by atoms with Crippen molar-refractivity contribution in [3.05, 3.63) is 59.9 Å². The lowest BCUT2D eigenvalue weighted by molar-refractivity contribution is -0.119.